The monoisotopic (exact) mass is 140 g/mol. The molecular formula is C9H16O. The van der Waals surface area contributed by atoms with Gasteiger partial charge < -0.3 is 4.74 Å². The van der Waals surface area contributed by atoms with Crippen molar-refractivity contribution in [2.45, 2.75) is 33.3 Å². The summed E-state index contributed by atoms with van der Waals surface area (Å²) in [5, 5.41) is 0. The Labute approximate surface area is 63.1 Å². The van der Waals surface area contributed by atoms with Crippen molar-refractivity contribution >= 4 is 0 Å². The molecule has 2 unspecified atom stereocenters. The maximum atomic E-state index is 5.47. The van der Waals surface area contributed by atoms with E-state index in [2.05, 4.69) is 19.9 Å². The molecule has 10 heavy (non-hydrogen) atoms. The molecule has 0 saturated heterocycles. The minimum Gasteiger partial charge on any atom is -0.374 e. The van der Waals surface area contributed by atoms with E-state index in [-0.39, 0.29) is 0 Å². The van der Waals surface area contributed by atoms with Crippen LogP contribution in [-0.2, 0) is 4.74 Å². The molecule has 0 fully saturated rings. The van der Waals surface area contributed by atoms with Crippen LogP contribution in [0.5, 0.6) is 0 Å². The van der Waals surface area contributed by atoms with Crippen LogP contribution >= 0.6 is 0 Å². The predicted octanol–water partition coefficient (Wildman–Crippen LogP) is 2.38. The largest absolute Gasteiger partial charge is 0.374 e. The van der Waals surface area contributed by atoms with Gasteiger partial charge in [0.05, 0.1) is 6.10 Å². The first-order valence-corrected chi connectivity index (χ1v) is 4.04. The lowest BCUT2D eigenvalue weighted by Crippen LogP contribution is -2.07. The van der Waals surface area contributed by atoms with Gasteiger partial charge in [-0.15, -0.1) is 0 Å². The van der Waals surface area contributed by atoms with Crippen molar-refractivity contribution in [1.29, 1.82) is 0 Å². The summed E-state index contributed by atoms with van der Waals surface area (Å²) in [5.74, 6) is 0.733. The molecule has 0 heterocycles. The molecule has 0 saturated carbocycles. The Morgan fingerprint density at radius 2 is 2.40 bits per heavy atom. The Kier molecular flexibility index (Phi) is 2.50. The topological polar surface area (TPSA) is 9.23 Å². The van der Waals surface area contributed by atoms with Gasteiger partial charge in [-0.2, -0.15) is 0 Å². The normalized spacial score (nSPS) is 32.5. The van der Waals surface area contributed by atoms with Crippen LogP contribution in [-0.4, -0.2) is 12.7 Å². The molecule has 0 amide bonds. The molecule has 1 aliphatic rings. The van der Waals surface area contributed by atoms with Crippen molar-refractivity contribution in [3.8, 4) is 0 Å². The summed E-state index contributed by atoms with van der Waals surface area (Å²) in [5.41, 5.74) is 1.48. The fourth-order valence-electron chi connectivity index (χ4n) is 1.39. The molecule has 0 bridgehead atoms. The number of hydrogen-bond donors (Lipinski definition) is 0. The summed E-state index contributed by atoms with van der Waals surface area (Å²) >= 11 is 0. The van der Waals surface area contributed by atoms with E-state index in [1.807, 2.05) is 6.92 Å². The highest BCUT2D eigenvalue weighted by molar-refractivity contribution is 5.13. The lowest BCUT2D eigenvalue weighted by atomic mass is 10.1. The highest BCUT2D eigenvalue weighted by Crippen LogP contribution is 2.26. The molecule has 0 radical (unpaired) electrons. The number of rotatable bonds is 2. The molecule has 0 N–H and O–H groups in total. The molecule has 0 aromatic carbocycles. The van der Waals surface area contributed by atoms with Crippen LogP contribution in [0.3, 0.4) is 0 Å². The van der Waals surface area contributed by atoms with E-state index >= 15 is 0 Å². The molecule has 0 aliphatic heterocycles. The lowest BCUT2D eigenvalue weighted by Gasteiger charge is -2.07. The highest BCUT2D eigenvalue weighted by atomic mass is 16.5. The average Bonchev–Trinajstić information content (AvgIpc) is 2.14. The van der Waals surface area contributed by atoms with Gasteiger partial charge in [0.15, 0.2) is 0 Å². The third-order valence-electron chi connectivity index (χ3n) is 2.19. The van der Waals surface area contributed by atoms with Crippen molar-refractivity contribution in [2.24, 2.45) is 5.92 Å². The lowest BCUT2D eigenvalue weighted by molar-refractivity contribution is 0.0911. The summed E-state index contributed by atoms with van der Waals surface area (Å²) in [6.07, 6.45) is 3.83. The van der Waals surface area contributed by atoms with Gasteiger partial charge in [0, 0.05) is 6.61 Å². The standard InChI is InChI=1S/C9H16O/c1-4-10-9-5-7(2)8(3)6-9/h5,8-9H,4,6H2,1-3H3. The fourth-order valence-corrected chi connectivity index (χ4v) is 1.39. The number of allylic oxidation sites excluding steroid dienone is 1. The molecule has 2 atom stereocenters. The molecule has 0 spiro atoms. The zero-order valence-corrected chi connectivity index (χ0v) is 7.05. The van der Waals surface area contributed by atoms with Gasteiger partial charge in [-0.25, -0.2) is 0 Å². The van der Waals surface area contributed by atoms with Gasteiger partial charge in [0.25, 0.3) is 0 Å². The summed E-state index contributed by atoms with van der Waals surface area (Å²) in [6, 6.07) is 0. The zero-order valence-electron chi connectivity index (χ0n) is 7.05. The quantitative estimate of drug-likeness (QED) is 0.535. The molecule has 0 aromatic rings. The first kappa shape index (κ1) is 7.80. The second kappa shape index (κ2) is 3.20. The molecule has 1 nitrogen and oxygen atoms in total. The van der Waals surface area contributed by atoms with Crippen molar-refractivity contribution in [2.75, 3.05) is 6.61 Å². The van der Waals surface area contributed by atoms with Crippen LogP contribution in [0.15, 0.2) is 11.6 Å². The Balaban J connectivity index is 2.40. The number of hydrogen-bond acceptors (Lipinski definition) is 1. The van der Waals surface area contributed by atoms with Crippen LogP contribution in [0.4, 0.5) is 0 Å². The van der Waals surface area contributed by atoms with E-state index in [9.17, 15) is 0 Å². The third kappa shape index (κ3) is 1.60. The van der Waals surface area contributed by atoms with Gasteiger partial charge >= 0.3 is 0 Å². The van der Waals surface area contributed by atoms with Gasteiger partial charge in [0.1, 0.15) is 0 Å². The average molecular weight is 140 g/mol. The zero-order chi connectivity index (χ0) is 7.56. The van der Waals surface area contributed by atoms with E-state index in [0.29, 0.717) is 6.10 Å². The first-order chi connectivity index (χ1) is 4.74. The van der Waals surface area contributed by atoms with Gasteiger partial charge in [-0.05, 0) is 26.2 Å². The van der Waals surface area contributed by atoms with Crippen LogP contribution in [0, 0.1) is 5.92 Å². The summed E-state index contributed by atoms with van der Waals surface area (Å²) in [4.78, 5) is 0. The molecule has 1 rings (SSSR count). The second-order valence-electron chi connectivity index (χ2n) is 3.04. The smallest absolute Gasteiger partial charge is 0.0763 e. The van der Waals surface area contributed by atoms with Crippen molar-refractivity contribution in [3.63, 3.8) is 0 Å². The van der Waals surface area contributed by atoms with E-state index in [4.69, 9.17) is 4.74 Å². The Bertz CT molecular complexity index is 138. The summed E-state index contributed by atoms with van der Waals surface area (Å²) in [7, 11) is 0. The molecule has 58 valence electrons. The van der Waals surface area contributed by atoms with Gasteiger partial charge in [-0.1, -0.05) is 18.6 Å². The Morgan fingerprint density at radius 1 is 1.70 bits per heavy atom. The maximum Gasteiger partial charge on any atom is 0.0763 e. The van der Waals surface area contributed by atoms with Gasteiger partial charge in [0.2, 0.25) is 0 Å². The Hall–Kier alpha value is -0.300. The molecule has 1 heteroatoms. The van der Waals surface area contributed by atoms with E-state index in [1.165, 1.54) is 12.0 Å². The van der Waals surface area contributed by atoms with Crippen LogP contribution in [0.25, 0.3) is 0 Å². The van der Waals surface area contributed by atoms with Crippen LogP contribution in [0.2, 0.25) is 0 Å². The van der Waals surface area contributed by atoms with Crippen molar-refractivity contribution in [3.05, 3.63) is 11.6 Å². The molecule has 0 aromatic heterocycles. The fraction of sp³-hybridized carbons (Fsp3) is 0.778. The molecule has 1 aliphatic carbocycles. The van der Waals surface area contributed by atoms with Crippen molar-refractivity contribution in [1.82, 2.24) is 0 Å². The third-order valence-corrected chi connectivity index (χ3v) is 2.19. The summed E-state index contributed by atoms with van der Waals surface area (Å²) in [6.45, 7) is 7.32. The van der Waals surface area contributed by atoms with E-state index < -0.39 is 0 Å². The van der Waals surface area contributed by atoms with Gasteiger partial charge in [-0.3, -0.25) is 0 Å². The van der Waals surface area contributed by atoms with Crippen LogP contribution < -0.4 is 0 Å². The van der Waals surface area contributed by atoms with Crippen LogP contribution in [0.1, 0.15) is 27.2 Å². The van der Waals surface area contributed by atoms with E-state index in [1.54, 1.807) is 0 Å². The van der Waals surface area contributed by atoms with Crippen molar-refractivity contribution < 1.29 is 4.74 Å². The Morgan fingerprint density at radius 3 is 2.80 bits per heavy atom. The number of ether oxygens (including phenoxy) is 1. The van der Waals surface area contributed by atoms with E-state index in [0.717, 1.165) is 12.5 Å². The highest BCUT2D eigenvalue weighted by Gasteiger charge is 2.19. The minimum absolute atomic E-state index is 0.403. The molecular weight excluding hydrogens is 124 g/mol. The minimum atomic E-state index is 0.403. The predicted molar refractivity (Wildman–Crippen MR) is 43.0 cm³/mol. The first-order valence-electron chi connectivity index (χ1n) is 4.04. The maximum absolute atomic E-state index is 5.47. The SMILES string of the molecule is CCOC1C=C(C)C(C)C1. The second-order valence-corrected chi connectivity index (χ2v) is 3.04. The summed E-state index contributed by atoms with van der Waals surface area (Å²) < 4.78 is 5.47.